The highest BCUT2D eigenvalue weighted by Crippen LogP contribution is 2.77. The monoisotopic (exact) mass is 310 g/mol. The van der Waals surface area contributed by atoms with Crippen LogP contribution in [0, 0.1) is 40.9 Å². The van der Waals surface area contributed by atoms with Crippen molar-refractivity contribution in [3.63, 3.8) is 0 Å². The van der Waals surface area contributed by atoms with E-state index in [1.165, 1.54) is 0 Å². The first-order valence-electron chi connectivity index (χ1n) is 8.05. The zero-order valence-electron chi connectivity index (χ0n) is 12.7. The van der Waals surface area contributed by atoms with Gasteiger partial charge in [0.2, 0.25) is 0 Å². The first kappa shape index (κ1) is 15.5. The van der Waals surface area contributed by atoms with Crippen molar-refractivity contribution in [1.82, 2.24) is 0 Å². The fourth-order valence-electron chi connectivity index (χ4n) is 6.03. The van der Waals surface area contributed by atoms with Gasteiger partial charge in [0.1, 0.15) is 5.41 Å². The Balaban J connectivity index is 2.06. The van der Waals surface area contributed by atoms with Crippen molar-refractivity contribution in [3.05, 3.63) is 0 Å². The number of rotatable bonds is 2. The van der Waals surface area contributed by atoms with Crippen LogP contribution in [0.2, 0.25) is 0 Å². The lowest BCUT2D eigenvalue weighted by molar-refractivity contribution is -0.322. The quantitative estimate of drug-likeness (QED) is 0.588. The van der Waals surface area contributed by atoms with Gasteiger partial charge in [0, 0.05) is 5.92 Å². The standard InChI is InChI=1S/C16H23F5/c1-4-8-6-9(5-2)13-11-7-10(12(8)13)14(3,15(11,17)18)16(19,20)21/h8-13H,4-7H2,1-3H3. The van der Waals surface area contributed by atoms with E-state index in [1.807, 2.05) is 13.8 Å². The van der Waals surface area contributed by atoms with Gasteiger partial charge in [-0.3, -0.25) is 0 Å². The molecule has 21 heavy (non-hydrogen) atoms. The van der Waals surface area contributed by atoms with Gasteiger partial charge in [-0.25, -0.2) is 8.78 Å². The summed E-state index contributed by atoms with van der Waals surface area (Å²) in [6.07, 6.45) is -2.33. The molecule has 0 aliphatic heterocycles. The van der Waals surface area contributed by atoms with E-state index in [1.54, 1.807) is 0 Å². The summed E-state index contributed by atoms with van der Waals surface area (Å²) in [6, 6.07) is 0. The molecule has 0 nitrogen and oxygen atoms in total. The van der Waals surface area contributed by atoms with E-state index in [0.29, 0.717) is 0 Å². The van der Waals surface area contributed by atoms with Crippen molar-refractivity contribution < 1.29 is 22.0 Å². The largest absolute Gasteiger partial charge is 0.400 e. The Morgan fingerprint density at radius 1 is 0.905 bits per heavy atom. The van der Waals surface area contributed by atoms with Crippen molar-refractivity contribution in [2.45, 2.75) is 58.6 Å². The highest BCUT2D eigenvalue weighted by Gasteiger charge is 2.83. The summed E-state index contributed by atoms with van der Waals surface area (Å²) in [5.74, 6) is -5.57. The zero-order chi connectivity index (χ0) is 15.8. The number of hydrogen-bond acceptors (Lipinski definition) is 0. The molecule has 0 heterocycles. The molecule has 0 N–H and O–H groups in total. The molecule has 3 saturated carbocycles. The molecular weight excluding hydrogens is 287 g/mol. The summed E-state index contributed by atoms with van der Waals surface area (Å²) < 4.78 is 69.7. The van der Waals surface area contributed by atoms with Crippen LogP contribution < -0.4 is 0 Å². The third-order valence-corrected chi connectivity index (χ3v) is 7.11. The number of hydrogen-bond donors (Lipinski definition) is 0. The predicted molar refractivity (Wildman–Crippen MR) is 69.9 cm³/mol. The van der Waals surface area contributed by atoms with Crippen LogP contribution >= 0.6 is 0 Å². The van der Waals surface area contributed by atoms with Gasteiger partial charge in [-0.05, 0) is 49.4 Å². The minimum Gasteiger partial charge on any atom is -0.206 e. The van der Waals surface area contributed by atoms with Gasteiger partial charge in [0.05, 0.1) is 0 Å². The van der Waals surface area contributed by atoms with Gasteiger partial charge in [-0.2, -0.15) is 13.2 Å². The molecule has 3 fully saturated rings. The van der Waals surface area contributed by atoms with Gasteiger partial charge in [-0.1, -0.05) is 26.7 Å². The Kier molecular flexibility index (Phi) is 3.22. The van der Waals surface area contributed by atoms with Gasteiger partial charge in [0.15, 0.2) is 0 Å². The first-order chi connectivity index (χ1) is 9.61. The van der Waals surface area contributed by atoms with Crippen molar-refractivity contribution in [2.75, 3.05) is 0 Å². The summed E-state index contributed by atoms with van der Waals surface area (Å²) in [5.41, 5.74) is -2.83. The maximum Gasteiger partial charge on any atom is 0.400 e. The average Bonchev–Trinajstić information content (AvgIpc) is 2.98. The highest BCUT2D eigenvalue weighted by molar-refractivity contribution is 5.20. The molecule has 0 radical (unpaired) electrons. The Labute approximate surface area is 122 Å². The molecule has 5 heteroatoms. The second kappa shape index (κ2) is 4.35. The summed E-state index contributed by atoms with van der Waals surface area (Å²) in [6.45, 7) is 4.74. The lowest BCUT2D eigenvalue weighted by Crippen LogP contribution is -2.58. The van der Waals surface area contributed by atoms with Crippen LogP contribution in [0.5, 0.6) is 0 Å². The van der Waals surface area contributed by atoms with E-state index in [-0.39, 0.29) is 30.1 Å². The molecule has 0 amide bonds. The minimum atomic E-state index is -4.83. The lowest BCUT2D eigenvalue weighted by Gasteiger charge is -2.48. The molecule has 0 spiro atoms. The molecule has 0 saturated heterocycles. The topological polar surface area (TPSA) is 0 Å². The molecule has 3 rings (SSSR count). The summed E-state index contributed by atoms with van der Waals surface area (Å²) in [4.78, 5) is 0. The second-order valence-electron chi connectivity index (χ2n) is 7.50. The Bertz CT molecular complexity index is 429. The lowest BCUT2D eigenvalue weighted by atomic mass is 9.61. The molecule has 0 aromatic heterocycles. The molecule has 7 unspecified atom stereocenters. The van der Waals surface area contributed by atoms with Crippen molar-refractivity contribution in [2.24, 2.45) is 40.9 Å². The van der Waals surface area contributed by atoms with Crippen LogP contribution in [0.4, 0.5) is 22.0 Å². The molecule has 2 bridgehead atoms. The predicted octanol–water partition coefficient (Wildman–Crippen LogP) is 5.53. The summed E-state index contributed by atoms with van der Waals surface area (Å²) in [7, 11) is 0. The van der Waals surface area contributed by atoms with Crippen LogP contribution in [0.1, 0.15) is 46.5 Å². The number of alkyl halides is 5. The normalized spacial score (nSPS) is 51.4. The van der Waals surface area contributed by atoms with E-state index in [9.17, 15) is 22.0 Å². The number of fused-ring (bicyclic) bond motifs is 5. The Hall–Kier alpha value is -0.350. The number of halogens is 5. The van der Waals surface area contributed by atoms with E-state index >= 15 is 0 Å². The van der Waals surface area contributed by atoms with Crippen LogP contribution in [0.15, 0.2) is 0 Å². The van der Waals surface area contributed by atoms with Crippen LogP contribution in [0.25, 0.3) is 0 Å². The van der Waals surface area contributed by atoms with E-state index in [4.69, 9.17) is 0 Å². The zero-order valence-corrected chi connectivity index (χ0v) is 12.7. The van der Waals surface area contributed by atoms with Crippen molar-refractivity contribution in [3.8, 4) is 0 Å². The fourth-order valence-corrected chi connectivity index (χ4v) is 6.03. The van der Waals surface area contributed by atoms with E-state index < -0.39 is 29.3 Å². The first-order valence-corrected chi connectivity index (χ1v) is 8.05. The average molecular weight is 310 g/mol. The van der Waals surface area contributed by atoms with Crippen LogP contribution in [0.3, 0.4) is 0 Å². The van der Waals surface area contributed by atoms with Gasteiger partial charge >= 0.3 is 6.18 Å². The Morgan fingerprint density at radius 3 is 1.81 bits per heavy atom. The molecule has 0 aromatic rings. The Morgan fingerprint density at radius 2 is 1.38 bits per heavy atom. The highest BCUT2D eigenvalue weighted by atomic mass is 19.4. The third kappa shape index (κ3) is 1.61. The van der Waals surface area contributed by atoms with Gasteiger partial charge < -0.3 is 0 Å². The molecule has 3 aliphatic carbocycles. The third-order valence-electron chi connectivity index (χ3n) is 7.11. The van der Waals surface area contributed by atoms with Crippen molar-refractivity contribution in [1.29, 1.82) is 0 Å². The maximum atomic E-state index is 14.6. The molecule has 122 valence electrons. The molecular formula is C16H23F5. The second-order valence-corrected chi connectivity index (χ2v) is 7.50. The van der Waals surface area contributed by atoms with E-state index in [0.717, 1.165) is 26.2 Å². The smallest absolute Gasteiger partial charge is 0.206 e. The van der Waals surface area contributed by atoms with Crippen molar-refractivity contribution >= 4 is 0 Å². The fraction of sp³-hybridized carbons (Fsp3) is 1.00. The molecule has 3 aliphatic rings. The molecule has 0 aromatic carbocycles. The molecule has 7 atom stereocenters. The van der Waals surface area contributed by atoms with Gasteiger partial charge in [-0.15, -0.1) is 0 Å². The van der Waals surface area contributed by atoms with Gasteiger partial charge in [0.25, 0.3) is 5.92 Å². The van der Waals surface area contributed by atoms with Crippen LogP contribution in [-0.2, 0) is 0 Å². The maximum absolute atomic E-state index is 14.6. The summed E-state index contributed by atoms with van der Waals surface area (Å²) in [5, 5.41) is 0. The SMILES string of the molecule is CCC1CC(CC)C2C1C1CC2C(C)(C(F)(F)F)C1(F)F. The minimum absolute atomic E-state index is 0.0609. The van der Waals surface area contributed by atoms with Crippen LogP contribution in [-0.4, -0.2) is 12.1 Å². The summed E-state index contributed by atoms with van der Waals surface area (Å²) >= 11 is 0. The van der Waals surface area contributed by atoms with E-state index in [2.05, 4.69) is 0 Å².